The van der Waals surface area contributed by atoms with E-state index in [0.29, 0.717) is 12.5 Å². The van der Waals surface area contributed by atoms with Gasteiger partial charge in [0.25, 0.3) is 0 Å². The van der Waals surface area contributed by atoms with Gasteiger partial charge in [-0.1, -0.05) is 32.1 Å². The van der Waals surface area contributed by atoms with Crippen LogP contribution in [0.1, 0.15) is 70.6 Å². The fourth-order valence-corrected chi connectivity index (χ4v) is 5.91. The molecule has 0 radical (unpaired) electrons. The Morgan fingerprint density at radius 3 is 2.32 bits per heavy atom. The summed E-state index contributed by atoms with van der Waals surface area (Å²) in [6.45, 7) is 5.41. The van der Waals surface area contributed by atoms with Crippen molar-refractivity contribution in [3.05, 3.63) is 0 Å². The molecular weight excluding hydrogens is 352 g/mol. The number of rotatable bonds is 4. The minimum Gasteiger partial charge on any atom is -0.353 e. The van der Waals surface area contributed by atoms with Gasteiger partial charge in [0, 0.05) is 51.4 Å². The smallest absolute Gasteiger partial charge is 0.237 e. The van der Waals surface area contributed by atoms with Crippen LogP contribution in [0, 0.1) is 0 Å². The Kier molecular flexibility index (Phi) is 6.89. The van der Waals surface area contributed by atoms with E-state index in [9.17, 15) is 9.59 Å². The van der Waals surface area contributed by atoms with Crippen molar-refractivity contribution in [1.29, 1.82) is 0 Å². The fourth-order valence-electron chi connectivity index (χ4n) is 5.91. The van der Waals surface area contributed by atoms with Crippen LogP contribution in [0.3, 0.4) is 0 Å². The summed E-state index contributed by atoms with van der Waals surface area (Å²) in [5.74, 6) is 0.237. The summed E-state index contributed by atoms with van der Waals surface area (Å²) < 4.78 is 0. The molecule has 0 aromatic carbocycles. The molecule has 2 aliphatic carbocycles. The van der Waals surface area contributed by atoms with Crippen LogP contribution in [0.25, 0.3) is 0 Å². The number of carbonyl (C=O) groups is 2. The summed E-state index contributed by atoms with van der Waals surface area (Å²) in [7, 11) is 0. The van der Waals surface area contributed by atoms with Crippen molar-refractivity contribution >= 4 is 11.8 Å². The molecule has 0 aromatic heterocycles. The predicted octanol–water partition coefficient (Wildman–Crippen LogP) is 1.99. The summed E-state index contributed by atoms with van der Waals surface area (Å²) in [4.78, 5) is 32.7. The van der Waals surface area contributed by atoms with Crippen LogP contribution in [0.15, 0.2) is 0 Å². The van der Waals surface area contributed by atoms with Crippen LogP contribution < -0.4 is 5.32 Å². The Hall–Kier alpha value is -1.14. The van der Waals surface area contributed by atoms with Crippen molar-refractivity contribution < 1.29 is 9.59 Å². The maximum atomic E-state index is 13.1. The van der Waals surface area contributed by atoms with Crippen LogP contribution in [-0.2, 0) is 9.59 Å². The van der Waals surface area contributed by atoms with Gasteiger partial charge in [-0.2, -0.15) is 0 Å². The lowest BCUT2D eigenvalue weighted by Gasteiger charge is -2.39. The highest BCUT2D eigenvalue weighted by Crippen LogP contribution is 2.28. The van der Waals surface area contributed by atoms with E-state index in [1.165, 1.54) is 57.8 Å². The Labute approximate surface area is 170 Å². The zero-order chi connectivity index (χ0) is 19.3. The molecule has 2 heterocycles. The molecule has 4 rings (SSSR count). The summed E-state index contributed by atoms with van der Waals surface area (Å²) >= 11 is 0. The minimum absolute atomic E-state index is 0.0603. The van der Waals surface area contributed by atoms with E-state index in [-0.39, 0.29) is 17.9 Å². The third-order valence-corrected chi connectivity index (χ3v) is 7.51. The lowest BCUT2D eigenvalue weighted by Crippen LogP contribution is -2.59. The van der Waals surface area contributed by atoms with Crippen LogP contribution in [0.5, 0.6) is 0 Å². The largest absolute Gasteiger partial charge is 0.353 e. The van der Waals surface area contributed by atoms with Crippen molar-refractivity contribution in [3.63, 3.8) is 0 Å². The van der Waals surface area contributed by atoms with Crippen LogP contribution in [0.2, 0.25) is 0 Å². The second kappa shape index (κ2) is 9.57. The third kappa shape index (κ3) is 4.70. The van der Waals surface area contributed by atoms with Crippen LogP contribution in [0.4, 0.5) is 0 Å². The molecule has 2 saturated carbocycles. The highest BCUT2D eigenvalue weighted by atomic mass is 16.2. The standard InChI is InChI=1S/C22H38N4O2/c27-21(17-20-22(28)23-11-14-26(20)19-9-4-5-10-19)25-13-6-12-24(15-16-25)18-7-2-1-3-8-18/h18-20H,1-17H2,(H,23,28). The van der Waals surface area contributed by atoms with Gasteiger partial charge in [0.2, 0.25) is 11.8 Å². The topological polar surface area (TPSA) is 55.9 Å². The van der Waals surface area contributed by atoms with E-state index < -0.39 is 0 Å². The summed E-state index contributed by atoms with van der Waals surface area (Å²) in [5.41, 5.74) is 0. The molecule has 158 valence electrons. The first-order valence-electron chi connectivity index (χ1n) is 11.8. The number of hydrogen-bond donors (Lipinski definition) is 1. The molecule has 4 fully saturated rings. The molecule has 6 nitrogen and oxygen atoms in total. The van der Waals surface area contributed by atoms with Crippen molar-refractivity contribution in [2.75, 3.05) is 39.3 Å². The zero-order valence-electron chi connectivity index (χ0n) is 17.4. The maximum absolute atomic E-state index is 13.1. The second-order valence-electron chi connectivity index (χ2n) is 9.25. The molecule has 0 bridgehead atoms. The fraction of sp³-hybridized carbons (Fsp3) is 0.909. The first-order chi connectivity index (χ1) is 13.7. The molecule has 2 aliphatic heterocycles. The van der Waals surface area contributed by atoms with Gasteiger partial charge in [0.05, 0.1) is 12.5 Å². The van der Waals surface area contributed by atoms with Gasteiger partial charge in [0.15, 0.2) is 0 Å². The predicted molar refractivity (Wildman–Crippen MR) is 110 cm³/mol. The van der Waals surface area contributed by atoms with Gasteiger partial charge in [-0.3, -0.25) is 19.4 Å². The molecule has 4 aliphatic rings. The van der Waals surface area contributed by atoms with E-state index in [1.807, 2.05) is 4.90 Å². The molecule has 1 atom stereocenters. The van der Waals surface area contributed by atoms with Crippen molar-refractivity contribution in [2.45, 2.75) is 88.8 Å². The molecule has 0 spiro atoms. The Bertz CT molecular complexity index is 543. The number of nitrogens with zero attached hydrogens (tertiary/aromatic N) is 3. The Balaban J connectivity index is 1.33. The quantitative estimate of drug-likeness (QED) is 0.798. The van der Waals surface area contributed by atoms with E-state index in [1.54, 1.807) is 0 Å². The van der Waals surface area contributed by atoms with Crippen molar-refractivity contribution in [1.82, 2.24) is 20.0 Å². The van der Waals surface area contributed by atoms with E-state index in [2.05, 4.69) is 15.1 Å². The van der Waals surface area contributed by atoms with E-state index in [0.717, 1.165) is 51.7 Å². The first kappa shape index (κ1) is 20.1. The Morgan fingerprint density at radius 1 is 0.821 bits per heavy atom. The van der Waals surface area contributed by atoms with Gasteiger partial charge in [0.1, 0.15) is 0 Å². The Morgan fingerprint density at radius 2 is 1.54 bits per heavy atom. The average molecular weight is 391 g/mol. The van der Waals surface area contributed by atoms with Gasteiger partial charge >= 0.3 is 0 Å². The zero-order valence-corrected chi connectivity index (χ0v) is 17.4. The minimum atomic E-state index is -0.262. The number of nitrogens with one attached hydrogen (secondary N) is 1. The summed E-state index contributed by atoms with van der Waals surface area (Å²) in [5, 5.41) is 3.00. The SMILES string of the molecule is O=C1NCCN(C2CCCC2)C1CC(=O)N1CCCN(C2CCCCC2)CC1. The van der Waals surface area contributed by atoms with Crippen molar-refractivity contribution in [3.8, 4) is 0 Å². The molecule has 2 amide bonds. The second-order valence-corrected chi connectivity index (χ2v) is 9.25. The molecule has 1 unspecified atom stereocenters. The van der Waals surface area contributed by atoms with E-state index >= 15 is 0 Å². The maximum Gasteiger partial charge on any atom is 0.237 e. The van der Waals surface area contributed by atoms with Gasteiger partial charge in [-0.05, 0) is 32.1 Å². The summed E-state index contributed by atoms with van der Waals surface area (Å²) in [6, 6.07) is 0.961. The molecular formula is C22H38N4O2. The van der Waals surface area contributed by atoms with Crippen LogP contribution >= 0.6 is 0 Å². The average Bonchev–Trinajstić information content (AvgIpc) is 3.14. The monoisotopic (exact) mass is 390 g/mol. The molecule has 2 saturated heterocycles. The first-order valence-corrected chi connectivity index (χ1v) is 11.8. The normalized spacial score (nSPS) is 29.6. The number of carbonyl (C=O) groups excluding carboxylic acids is 2. The highest BCUT2D eigenvalue weighted by Gasteiger charge is 2.37. The highest BCUT2D eigenvalue weighted by molar-refractivity contribution is 5.89. The lowest BCUT2D eigenvalue weighted by molar-refractivity contribution is -0.139. The van der Waals surface area contributed by atoms with E-state index in [4.69, 9.17) is 0 Å². The molecule has 6 heteroatoms. The number of amides is 2. The molecule has 1 N–H and O–H groups in total. The van der Waals surface area contributed by atoms with Gasteiger partial charge in [-0.15, -0.1) is 0 Å². The number of hydrogen-bond acceptors (Lipinski definition) is 4. The molecule has 28 heavy (non-hydrogen) atoms. The number of piperazine rings is 1. The van der Waals surface area contributed by atoms with Gasteiger partial charge in [-0.25, -0.2) is 0 Å². The van der Waals surface area contributed by atoms with Crippen molar-refractivity contribution in [2.24, 2.45) is 0 Å². The summed E-state index contributed by atoms with van der Waals surface area (Å²) in [6.07, 6.45) is 13.0. The third-order valence-electron chi connectivity index (χ3n) is 7.51. The molecule has 0 aromatic rings. The lowest BCUT2D eigenvalue weighted by atomic mass is 9.94. The van der Waals surface area contributed by atoms with Gasteiger partial charge < -0.3 is 10.2 Å². The van der Waals surface area contributed by atoms with Crippen LogP contribution in [-0.4, -0.2) is 83.9 Å².